The van der Waals surface area contributed by atoms with Crippen LogP contribution in [0.1, 0.15) is 38.3 Å². The number of rotatable bonds is 6. The van der Waals surface area contributed by atoms with E-state index in [4.69, 9.17) is 9.47 Å². The van der Waals surface area contributed by atoms with E-state index in [-0.39, 0.29) is 24.3 Å². The molecule has 4 nitrogen and oxygen atoms in total. The van der Waals surface area contributed by atoms with Gasteiger partial charge in [-0.3, -0.25) is 0 Å². The Hall–Kier alpha value is -1.10. The zero-order valence-electron chi connectivity index (χ0n) is 12.6. The number of fused-ring (bicyclic) bond motifs is 1. The molecule has 0 saturated carbocycles. The molecule has 2 atom stereocenters. The quantitative estimate of drug-likeness (QED) is 0.839. The van der Waals surface area contributed by atoms with Crippen LogP contribution in [-0.2, 0) is 4.74 Å². The monoisotopic (exact) mass is 279 g/mol. The first-order valence-electron chi connectivity index (χ1n) is 7.19. The minimum absolute atomic E-state index is 0.150. The average molecular weight is 279 g/mol. The summed E-state index contributed by atoms with van der Waals surface area (Å²) in [6.07, 6.45) is 1.59. The molecule has 0 aromatic heterocycles. The van der Waals surface area contributed by atoms with Gasteiger partial charge in [-0.1, -0.05) is 18.2 Å². The van der Waals surface area contributed by atoms with E-state index in [1.165, 1.54) is 5.56 Å². The Morgan fingerprint density at radius 3 is 2.90 bits per heavy atom. The third-order valence-electron chi connectivity index (χ3n) is 3.66. The highest BCUT2D eigenvalue weighted by molar-refractivity contribution is 5.38. The van der Waals surface area contributed by atoms with Gasteiger partial charge in [-0.15, -0.1) is 0 Å². The summed E-state index contributed by atoms with van der Waals surface area (Å²) in [5, 5.41) is 12.8. The van der Waals surface area contributed by atoms with Crippen molar-refractivity contribution in [3.8, 4) is 5.75 Å². The Labute approximate surface area is 121 Å². The van der Waals surface area contributed by atoms with Crippen molar-refractivity contribution in [3.05, 3.63) is 29.8 Å². The smallest absolute Gasteiger partial charge is 0.124 e. The maximum Gasteiger partial charge on any atom is 0.124 e. The van der Waals surface area contributed by atoms with E-state index in [2.05, 4.69) is 25.2 Å². The SMILES string of the molecule is COCC(CCO)NC1CC(C)(C)Oc2ccccc21. The number of nitrogens with one attached hydrogen (secondary N) is 1. The van der Waals surface area contributed by atoms with Crippen molar-refractivity contribution in [2.45, 2.75) is 44.4 Å². The molecule has 1 aliphatic heterocycles. The number of aliphatic hydroxyl groups is 1. The lowest BCUT2D eigenvalue weighted by molar-refractivity contribution is 0.0574. The highest BCUT2D eigenvalue weighted by Crippen LogP contribution is 2.39. The van der Waals surface area contributed by atoms with Gasteiger partial charge in [0.1, 0.15) is 11.4 Å². The molecule has 0 fully saturated rings. The molecule has 1 aliphatic rings. The van der Waals surface area contributed by atoms with Gasteiger partial charge in [0.05, 0.1) is 6.61 Å². The van der Waals surface area contributed by atoms with Crippen LogP contribution in [0.5, 0.6) is 5.75 Å². The van der Waals surface area contributed by atoms with Crippen LogP contribution in [0.25, 0.3) is 0 Å². The minimum Gasteiger partial charge on any atom is -0.487 e. The van der Waals surface area contributed by atoms with Crippen LogP contribution < -0.4 is 10.1 Å². The first-order chi connectivity index (χ1) is 9.55. The Kier molecular flexibility index (Phi) is 5.02. The third-order valence-corrected chi connectivity index (χ3v) is 3.66. The lowest BCUT2D eigenvalue weighted by Crippen LogP contribution is -2.44. The highest BCUT2D eigenvalue weighted by atomic mass is 16.5. The van der Waals surface area contributed by atoms with Gasteiger partial charge in [0.2, 0.25) is 0 Å². The number of ether oxygens (including phenoxy) is 2. The van der Waals surface area contributed by atoms with Crippen LogP contribution in [0.15, 0.2) is 24.3 Å². The predicted octanol–water partition coefficient (Wildman–Crippen LogP) is 2.28. The van der Waals surface area contributed by atoms with Crippen LogP contribution in [-0.4, -0.2) is 37.1 Å². The van der Waals surface area contributed by atoms with E-state index in [9.17, 15) is 5.11 Å². The lowest BCUT2D eigenvalue weighted by Gasteiger charge is -2.39. The van der Waals surface area contributed by atoms with E-state index < -0.39 is 0 Å². The molecule has 0 spiro atoms. The van der Waals surface area contributed by atoms with Crippen molar-refractivity contribution in [2.24, 2.45) is 0 Å². The molecule has 0 bridgehead atoms. The van der Waals surface area contributed by atoms with Gasteiger partial charge >= 0.3 is 0 Å². The van der Waals surface area contributed by atoms with Gasteiger partial charge in [0.15, 0.2) is 0 Å². The zero-order valence-corrected chi connectivity index (χ0v) is 12.6. The fraction of sp³-hybridized carbons (Fsp3) is 0.625. The molecular weight excluding hydrogens is 254 g/mol. The molecule has 2 rings (SSSR count). The van der Waals surface area contributed by atoms with Gasteiger partial charge in [0, 0.05) is 37.8 Å². The first kappa shape index (κ1) is 15.3. The molecule has 1 aromatic carbocycles. The van der Waals surface area contributed by atoms with Crippen molar-refractivity contribution in [1.29, 1.82) is 0 Å². The van der Waals surface area contributed by atoms with E-state index in [1.807, 2.05) is 18.2 Å². The molecule has 0 saturated heterocycles. The number of aliphatic hydroxyl groups excluding tert-OH is 1. The van der Waals surface area contributed by atoms with Gasteiger partial charge in [-0.05, 0) is 26.3 Å². The van der Waals surface area contributed by atoms with Crippen molar-refractivity contribution in [2.75, 3.05) is 20.3 Å². The number of hydrogen-bond donors (Lipinski definition) is 2. The second-order valence-electron chi connectivity index (χ2n) is 5.99. The standard InChI is InChI=1S/C16H25NO3/c1-16(2)10-14(17-12(8-9-18)11-19-3)13-6-4-5-7-15(13)20-16/h4-7,12,14,17-18H,8-11H2,1-3H3. The van der Waals surface area contributed by atoms with Crippen LogP contribution in [0.4, 0.5) is 0 Å². The summed E-state index contributed by atoms with van der Waals surface area (Å²) in [5.74, 6) is 0.946. The average Bonchev–Trinajstić information content (AvgIpc) is 2.38. The lowest BCUT2D eigenvalue weighted by atomic mass is 9.89. The molecule has 4 heteroatoms. The number of hydrogen-bond acceptors (Lipinski definition) is 4. The topological polar surface area (TPSA) is 50.7 Å². The number of para-hydroxylation sites is 1. The second-order valence-corrected chi connectivity index (χ2v) is 5.99. The van der Waals surface area contributed by atoms with Gasteiger partial charge < -0.3 is 19.9 Å². The maximum absolute atomic E-state index is 9.17. The second kappa shape index (κ2) is 6.57. The Morgan fingerprint density at radius 1 is 1.45 bits per heavy atom. The molecule has 0 radical (unpaired) electrons. The van der Waals surface area contributed by atoms with Crippen LogP contribution in [0.2, 0.25) is 0 Å². The molecule has 2 N–H and O–H groups in total. The summed E-state index contributed by atoms with van der Waals surface area (Å²) in [6, 6.07) is 8.52. The van der Waals surface area contributed by atoms with E-state index in [1.54, 1.807) is 7.11 Å². The van der Waals surface area contributed by atoms with E-state index >= 15 is 0 Å². The predicted molar refractivity (Wildman–Crippen MR) is 79.0 cm³/mol. The Bertz CT molecular complexity index is 427. The highest BCUT2D eigenvalue weighted by Gasteiger charge is 2.34. The summed E-state index contributed by atoms with van der Waals surface area (Å²) in [5.41, 5.74) is 0.994. The maximum atomic E-state index is 9.17. The summed E-state index contributed by atoms with van der Waals surface area (Å²) in [4.78, 5) is 0. The van der Waals surface area contributed by atoms with Crippen LogP contribution >= 0.6 is 0 Å². The van der Waals surface area contributed by atoms with E-state index in [0.29, 0.717) is 13.0 Å². The summed E-state index contributed by atoms with van der Waals surface area (Å²) in [7, 11) is 1.69. The van der Waals surface area contributed by atoms with Gasteiger partial charge in [-0.25, -0.2) is 0 Å². The fourth-order valence-electron chi connectivity index (χ4n) is 2.81. The summed E-state index contributed by atoms with van der Waals surface area (Å²) in [6.45, 7) is 4.97. The fourth-order valence-corrected chi connectivity index (χ4v) is 2.81. The molecule has 2 unspecified atom stereocenters. The molecule has 1 aromatic rings. The Balaban J connectivity index is 2.17. The van der Waals surface area contributed by atoms with E-state index in [0.717, 1.165) is 12.2 Å². The number of methoxy groups -OCH3 is 1. The van der Waals surface area contributed by atoms with Crippen molar-refractivity contribution in [1.82, 2.24) is 5.32 Å². The molecule has 1 heterocycles. The van der Waals surface area contributed by atoms with Crippen LogP contribution in [0, 0.1) is 0 Å². The molecule has 20 heavy (non-hydrogen) atoms. The summed E-state index contributed by atoms with van der Waals surface area (Å²) >= 11 is 0. The van der Waals surface area contributed by atoms with Gasteiger partial charge in [-0.2, -0.15) is 0 Å². The third kappa shape index (κ3) is 3.72. The van der Waals surface area contributed by atoms with Gasteiger partial charge in [0.25, 0.3) is 0 Å². The Morgan fingerprint density at radius 2 is 2.20 bits per heavy atom. The van der Waals surface area contributed by atoms with Crippen molar-refractivity contribution in [3.63, 3.8) is 0 Å². The number of benzene rings is 1. The van der Waals surface area contributed by atoms with Crippen LogP contribution in [0.3, 0.4) is 0 Å². The largest absolute Gasteiger partial charge is 0.487 e. The van der Waals surface area contributed by atoms with Crippen molar-refractivity contribution < 1.29 is 14.6 Å². The first-order valence-corrected chi connectivity index (χ1v) is 7.19. The molecule has 112 valence electrons. The molecule has 0 aliphatic carbocycles. The van der Waals surface area contributed by atoms with Crippen molar-refractivity contribution >= 4 is 0 Å². The summed E-state index contributed by atoms with van der Waals surface area (Å²) < 4.78 is 11.3. The minimum atomic E-state index is -0.192. The molecule has 0 amide bonds. The zero-order chi connectivity index (χ0) is 14.6. The molecular formula is C16H25NO3. The normalized spacial score (nSPS) is 21.9.